The molecule has 8 heteroatoms. The molecule has 106 valence electrons. The van der Waals surface area contributed by atoms with Crippen LogP contribution in [0, 0.1) is 0 Å². The molecule has 1 atom stereocenters. The van der Waals surface area contributed by atoms with Crippen LogP contribution in [0.4, 0.5) is 11.6 Å². The Bertz CT molecular complexity index is 562. The summed E-state index contributed by atoms with van der Waals surface area (Å²) >= 11 is 1.65. The van der Waals surface area contributed by atoms with Gasteiger partial charge in [0.05, 0.1) is 0 Å². The quantitative estimate of drug-likeness (QED) is 0.872. The van der Waals surface area contributed by atoms with Crippen molar-refractivity contribution >= 4 is 33.2 Å². The Kier molecular flexibility index (Phi) is 4.19. The molecule has 0 saturated carbocycles. The second-order valence-corrected chi connectivity index (χ2v) is 7.82. The predicted octanol–water partition coefficient (Wildman–Crippen LogP) is 0.545. The number of sulfone groups is 1. The van der Waals surface area contributed by atoms with Gasteiger partial charge in [0.15, 0.2) is 9.84 Å². The minimum Gasteiger partial charge on any atom is -0.383 e. The van der Waals surface area contributed by atoms with Gasteiger partial charge in [-0.25, -0.2) is 18.4 Å². The molecule has 1 aromatic heterocycles. The summed E-state index contributed by atoms with van der Waals surface area (Å²) in [5, 5.41) is -0.536. The van der Waals surface area contributed by atoms with E-state index in [1.165, 1.54) is 12.6 Å². The van der Waals surface area contributed by atoms with Crippen molar-refractivity contribution in [2.24, 2.45) is 0 Å². The molecular weight excluding hydrogens is 284 g/mol. The van der Waals surface area contributed by atoms with E-state index in [0.717, 1.165) is 11.3 Å². The predicted molar refractivity (Wildman–Crippen MR) is 79.1 cm³/mol. The summed E-state index contributed by atoms with van der Waals surface area (Å²) in [5.74, 6) is 2.54. The van der Waals surface area contributed by atoms with Crippen molar-refractivity contribution in [3.8, 4) is 0 Å². The Morgan fingerprint density at radius 1 is 1.53 bits per heavy atom. The number of hydrogen-bond acceptors (Lipinski definition) is 7. The van der Waals surface area contributed by atoms with Crippen LogP contribution in [0.25, 0.3) is 0 Å². The summed E-state index contributed by atoms with van der Waals surface area (Å²) in [6.07, 6.45) is 3.35. The molecule has 2 N–H and O–H groups in total. The third kappa shape index (κ3) is 2.94. The van der Waals surface area contributed by atoms with Crippen LogP contribution < -0.4 is 10.6 Å². The molecule has 1 saturated heterocycles. The molecule has 1 unspecified atom stereocenters. The van der Waals surface area contributed by atoms with Crippen molar-refractivity contribution in [2.45, 2.75) is 18.7 Å². The number of nitrogens with zero attached hydrogens (tertiary/aromatic N) is 3. The molecule has 1 aromatic rings. The molecular formula is C11H18N4O2S2. The van der Waals surface area contributed by atoms with Gasteiger partial charge in [-0.15, -0.1) is 0 Å². The SMILES string of the molecule is CCc1c(N)ncnc1N1CCSCC1S(C)(=O)=O. The third-order valence-electron chi connectivity index (χ3n) is 3.16. The monoisotopic (exact) mass is 302 g/mol. The average molecular weight is 302 g/mol. The van der Waals surface area contributed by atoms with Gasteiger partial charge in [0.2, 0.25) is 0 Å². The van der Waals surface area contributed by atoms with Crippen molar-refractivity contribution in [1.29, 1.82) is 0 Å². The van der Waals surface area contributed by atoms with Crippen LogP contribution in [0.1, 0.15) is 12.5 Å². The highest BCUT2D eigenvalue weighted by atomic mass is 32.2. The highest BCUT2D eigenvalue weighted by Crippen LogP contribution is 2.29. The van der Waals surface area contributed by atoms with E-state index >= 15 is 0 Å². The zero-order valence-electron chi connectivity index (χ0n) is 11.0. The fraction of sp³-hybridized carbons (Fsp3) is 0.636. The maximum absolute atomic E-state index is 11.9. The van der Waals surface area contributed by atoms with Gasteiger partial charge in [0.1, 0.15) is 23.3 Å². The summed E-state index contributed by atoms with van der Waals surface area (Å²) in [4.78, 5) is 10.1. The molecule has 0 aromatic carbocycles. The van der Waals surface area contributed by atoms with Gasteiger partial charge < -0.3 is 10.6 Å². The maximum Gasteiger partial charge on any atom is 0.169 e. The number of aromatic nitrogens is 2. The molecule has 0 bridgehead atoms. The minimum absolute atomic E-state index is 0.429. The number of nitrogens with two attached hydrogens (primary N) is 1. The van der Waals surface area contributed by atoms with Gasteiger partial charge in [-0.1, -0.05) is 6.92 Å². The Morgan fingerprint density at radius 3 is 2.89 bits per heavy atom. The van der Waals surface area contributed by atoms with Crippen LogP contribution >= 0.6 is 11.8 Å². The Morgan fingerprint density at radius 2 is 2.26 bits per heavy atom. The maximum atomic E-state index is 11.9. The van der Waals surface area contributed by atoms with Gasteiger partial charge in [0.25, 0.3) is 0 Å². The number of anilines is 2. The van der Waals surface area contributed by atoms with E-state index in [2.05, 4.69) is 9.97 Å². The van der Waals surface area contributed by atoms with E-state index in [1.54, 1.807) is 11.8 Å². The molecule has 0 amide bonds. The topological polar surface area (TPSA) is 89.2 Å². The van der Waals surface area contributed by atoms with Crippen LogP contribution in [0.2, 0.25) is 0 Å². The van der Waals surface area contributed by atoms with Gasteiger partial charge >= 0.3 is 0 Å². The molecule has 2 heterocycles. The first-order chi connectivity index (χ1) is 8.95. The molecule has 6 nitrogen and oxygen atoms in total. The second-order valence-electron chi connectivity index (χ2n) is 4.47. The molecule has 0 spiro atoms. The lowest BCUT2D eigenvalue weighted by Gasteiger charge is -2.36. The smallest absolute Gasteiger partial charge is 0.169 e. The van der Waals surface area contributed by atoms with Crippen molar-refractivity contribution < 1.29 is 8.42 Å². The van der Waals surface area contributed by atoms with E-state index < -0.39 is 15.2 Å². The van der Waals surface area contributed by atoms with Crippen LogP contribution in [-0.4, -0.2) is 48.1 Å². The van der Waals surface area contributed by atoms with Crippen molar-refractivity contribution in [1.82, 2.24) is 9.97 Å². The Labute approximate surface area is 117 Å². The molecule has 2 rings (SSSR count). The molecule has 19 heavy (non-hydrogen) atoms. The molecule has 1 aliphatic heterocycles. The summed E-state index contributed by atoms with van der Waals surface area (Å²) in [6.45, 7) is 2.62. The highest BCUT2D eigenvalue weighted by Gasteiger charge is 2.33. The van der Waals surface area contributed by atoms with Gasteiger partial charge in [-0.2, -0.15) is 11.8 Å². The fourth-order valence-corrected chi connectivity index (χ4v) is 5.00. The first-order valence-corrected chi connectivity index (χ1v) is 9.18. The van der Waals surface area contributed by atoms with Gasteiger partial charge in [0, 0.05) is 29.9 Å². The zero-order valence-corrected chi connectivity index (χ0v) is 12.7. The second kappa shape index (κ2) is 5.54. The fourth-order valence-electron chi connectivity index (χ4n) is 2.18. The Balaban J connectivity index is 2.46. The van der Waals surface area contributed by atoms with E-state index in [1.807, 2.05) is 11.8 Å². The van der Waals surface area contributed by atoms with E-state index in [0.29, 0.717) is 30.4 Å². The number of nitrogen functional groups attached to an aromatic ring is 1. The third-order valence-corrected chi connectivity index (χ3v) is 5.80. The standard InChI is InChI=1S/C11H18N4O2S2/c1-3-8-10(12)13-7-14-11(8)15-4-5-18-6-9(15)19(2,16)17/h7,9H,3-6H2,1-2H3,(H2,12,13,14). The van der Waals surface area contributed by atoms with E-state index in [-0.39, 0.29) is 0 Å². The summed E-state index contributed by atoms with van der Waals surface area (Å²) in [7, 11) is -3.16. The van der Waals surface area contributed by atoms with Crippen molar-refractivity contribution in [3.63, 3.8) is 0 Å². The zero-order chi connectivity index (χ0) is 14.0. The highest BCUT2D eigenvalue weighted by molar-refractivity contribution is 8.01. The lowest BCUT2D eigenvalue weighted by atomic mass is 10.2. The van der Waals surface area contributed by atoms with E-state index in [9.17, 15) is 8.42 Å². The largest absolute Gasteiger partial charge is 0.383 e. The summed E-state index contributed by atoms with van der Waals surface area (Å²) < 4.78 is 23.8. The molecule has 0 radical (unpaired) electrons. The summed E-state index contributed by atoms with van der Waals surface area (Å²) in [6, 6.07) is 0. The van der Waals surface area contributed by atoms with Crippen LogP contribution in [-0.2, 0) is 16.3 Å². The van der Waals surface area contributed by atoms with Crippen molar-refractivity contribution in [3.05, 3.63) is 11.9 Å². The molecule has 1 aliphatic rings. The van der Waals surface area contributed by atoms with Gasteiger partial charge in [-0.05, 0) is 6.42 Å². The van der Waals surface area contributed by atoms with E-state index in [4.69, 9.17) is 5.73 Å². The first kappa shape index (κ1) is 14.4. The molecule has 0 aliphatic carbocycles. The van der Waals surface area contributed by atoms with Crippen LogP contribution in [0.15, 0.2) is 6.33 Å². The summed E-state index contributed by atoms with van der Waals surface area (Å²) in [5.41, 5.74) is 6.68. The van der Waals surface area contributed by atoms with Gasteiger partial charge in [-0.3, -0.25) is 0 Å². The normalized spacial score (nSPS) is 20.5. The lowest BCUT2D eigenvalue weighted by molar-refractivity contribution is 0.583. The Hall–Kier alpha value is -1.02. The molecule has 1 fully saturated rings. The van der Waals surface area contributed by atoms with Crippen LogP contribution in [0.5, 0.6) is 0 Å². The first-order valence-electron chi connectivity index (χ1n) is 6.07. The van der Waals surface area contributed by atoms with Crippen molar-refractivity contribution in [2.75, 3.05) is 34.9 Å². The van der Waals surface area contributed by atoms with Crippen LogP contribution in [0.3, 0.4) is 0 Å². The lowest BCUT2D eigenvalue weighted by Crippen LogP contribution is -2.47. The number of hydrogen-bond donors (Lipinski definition) is 1. The number of thioether (sulfide) groups is 1. The average Bonchev–Trinajstić information content (AvgIpc) is 2.37. The minimum atomic E-state index is -3.16. The number of rotatable bonds is 3.